The molecule has 0 aromatic rings. The van der Waals surface area contributed by atoms with E-state index in [4.69, 9.17) is 15.9 Å². The van der Waals surface area contributed by atoms with Crippen molar-refractivity contribution in [2.45, 2.75) is 18.4 Å². The summed E-state index contributed by atoms with van der Waals surface area (Å²) >= 11 is 0. The van der Waals surface area contributed by atoms with Gasteiger partial charge in [0.05, 0.1) is 17.9 Å². The first-order chi connectivity index (χ1) is 8.31. The molecule has 0 aromatic heterocycles. The van der Waals surface area contributed by atoms with Gasteiger partial charge in [-0.25, -0.2) is 13.1 Å². The molecule has 1 heterocycles. The number of rotatable bonds is 6. The molecule has 1 rings (SSSR count). The van der Waals surface area contributed by atoms with E-state index in [1.165, 1.54) is 7.11 Å². The molecule has 0 atom stereocenters. The van der Waals surface area contributed by atoms with Gasteiger partial charge in [-0.1, -0.05) is 0 Å². The van der Waals surface area contributed by atoms with Crippen molar-refractivity contribution in [2.75, 3.05) is 39.6 Å². The van der Waals surface area contributed by atoms with E-state index < -0.39 is 15.6 Å². The maximum absolute atomic E-state index is 11.9. The summed E-state index contributed by atoms with van der Waals surface area (Å²) in [6.45, 7) is 1.56. The molecular weight excluding hydrogens is 256 g/mol. The summed E-state index contributed by atoms with van der Waals surface area (Å²) in [6.07, 6.45) is 1.04. The van der Waals surface area contributed by atoms with Crippen LogP contribution in [0.2, 0.25) is 0 Å². The lowest BCUT2D eigenvalue weighted by atomic mass is 9.88. The largest absolute Gasteiger partial charge is 0.386 e. The van der Waals surface area contributed by atoms with Crippen molar-refractivity contribution in [3.05, 3.63) is 0 Å². The second-order valence-corrected chi connectivity index (χ2v) is 6.55. The minimum Gasteiger partial charge on any atom is -0.386 e. The highest BCUT2D eigenvalue weighted by atomic mass is 32.2. The number of sulfonamides is 1. The molecule has 0 unspecified atom stereocenters. The smallest absolute Gasteiger partial charge is 0.214 e. The molecule has 0 bridgehead atoms. The van der Waals surface area contributed by atoms with E-state index >= 15 is 0 Å². The summed E-state index contributed by atoms with van der Waals surface area (Å²) in [4.78, 5) is 2.09. The van der Waals surface area contributed by atoms with E-state index in [1.807, 2.05) is 7.05 Å². The molecule has 0 radical (unpaired) electrons. The summed E-state index contributed by atoms with van der Waals surface area (Å²) in [7, 11) is -0.0666. The lowest BCUT2D eigenvalue weighted by Gasteiger charge is -2.39. The van der Waals surface area contributed by atoms with Gasteiger partial charge < -0.3 is 15.4 Å². The van der Waals surface area contributed by atoms with Crippen molar-refractivity contribution in [1.29, 1.82) is 5.41 Å². The van der Waals surface area contributed by atoms with Crippen molar-refractivity contribution < 1.29 is 13.2 Å². The highest BCUT2D eigenvalue weighted by Gasteiger charge is 2.40. The van der Waals surface area contributed by atoms with Crippen LogP contribution in [0.5, 0.6) is 0 Å². The molecule has 0 saturated carbocycles. The molecular formula is C10H22N4O3S. The van der Waals surface area contributed by atoms with Crippen LogP contribution in [0.25, 0.3) is 0 Å². The van der Waals surface area contributed by atoms with Crippen LogP contribution < -0.4 is 10.5 Å². The average molecular weight is 278 g/mol. The predicted molar refractivity (Wildman–Crippen MR) is 70.2 cm³/mol. The van der Waals surface area contributed by atoms with Gasteiger partial charge in [0.15, 0.2) is 0 Å². The zero-order valence-electron chi connectivity index (χ0n) is 10.9. The molecule has 8 heteroatoms. The van der Waals surface area contributed by atoms with Crippen LogP contribution in [0.4, 0.5) is 0 Å². The number of methoxy groups -OCH3 is 1. The van der Waals surface area contributed by atoms with E-state index in [9.17, 15) is 8.42 Å². The summed E-state index contributed by atoms with van der Waals surface area (Å²) in [5, 5.41) is 7.66. The van der Waals surface area contributed by atoms with Gasteiger partial charge in [-0.3, -0.25) is 5.41 Å². The van der Waals surface area contributed by atoms with E-state index in [-0.39, 0.29) is 18.2 Å². The fourth-order valence-electron chi connectivity index (χ4n) is 1.97. The fraction of sp³-hybridized carbons (Fsp3) is 0.900. The second kappa shape index (κ2) is 5.96. The SMILES string of the molecule is COCCS(=O)(=O)NC1(C(=N)N)CCN(C)CC1. The molecule has 18 heavy (non-hydrogen) atoms. The Morgan fingerprint density at radius 3 is 2.50 bits per heavy atom. The van der Waals surface area contributed by atoms with Gasteiger partial charge in [-0.15, -0.1) is 0 Å². The summed E-state index contributed by atoms with van der Waals surface area (Å²) in [5.74, 6) is -0.231. The number of nitrogens with zero attached hydrogens (tertiary/aromatic N) is 1. The number of nitrogens with one attached hydrogen (secondary N) is 2. The Balaban J connectivity index is 2.78. The van der Waals surface area contributed by atoms with Crippen LogP contribution in [0.3, 0.4) is 0 Å². The third kappa shape index (κ3) is 3.91. The van der Waals surface area contributed by atoms with Gasteiger partial charge in [-0.05, 0) is 19.9 Å². The van der Waals surface area contributed by atoms with Crippen LogP contribution in [-0.4, -0.2) is 64.3 Å². The van der Waals surface area contributed by atoms with Gasteiger partial charge in [-0.2, -0.15) is 0 Å². The van der Waals surface area contributed by atoms with E-state index in [0.29, 0.717) is 25.9 Å². The van der Waals surface area contributed by atoms with Gasteiger partial charge >= 0.3 is 0 Å². The highest BCUT2D eigenvalue weighted by molar-refractivity contribution is 7.89. The van der Waals surface area contributed by atoms with Crippen molar-refractivity contribution in [3.8, 4) is 0 Å². The molecule has 0 spiro atoms. The molecule has 4 N–H and O–H groups in total. The number of piperidine rings is 1. The first-order valence-corrected chi connectivity index (χ1v) is 7.50. The van der Waals surface area contributed by atoms with Crippen molar-refractivity contribution >= 4 is 15.9 Å². The standard InChI is InChI=1S/C10H22N4O3S/c1-14-5-3-10(4-6-14,9(11)12)13-18(15,16)8-7-17-2/h13H,3-8H2,1-2H3,(H3,11,12). The molecule has 1 aliphatic rings. The quantitative estimate of drug-likeness (QED) is 0.424. The Kier molecular flexibility index (Phi) is 5.09. The van der Waals surface area contributed by atoms with Crippen molar-refractivity contribution in [3.63, 3.8) is 0 Å². The van der Waals surface area contributed by atoms with Crippen molar-refractivity contribution in [1.82, 2.24) is 9.62 Å². The first kappa shape index (κ1) is 15.4. The average Bonchev–Trinajstić information content (AvgIpc) is 2.29. The number of ether oxygens (including phenoxy) is 1. The number of hydrogen-bond donors (Lipinski definition) is 3. The maximum Gasteiger partial charge on any atom is 0.214 e. The van der Waals surface area contributed by atoms with E-state index in [2.05, 4.69) is 9.62 Å². The van der Waals surface area contributed by atoms with Crippen molar-refractivity contribution in [2.24, 2.45) is 5.73 Å². The minimum atomic E-state index is -3.48. The van der Waals surface area contributed by atoms with Crippen LogP contribution in [-0.2, 0) is 14.8 Å². The lowest BCUT2D eigenvalue weighted by Crippen LogP contribution is -2.62. The minimum absolute atomic E-state index is 0.114. The molecule has 0 aromatic carbocycles. The predicted octanol–water partition coefficient (Wildman–Crippen LogP) is -1.05. The fourth-order valence-corrected chi connectivity index (χ4v) is 3.37. The Labute approximate surface area is 108 Å². The zero-order valence-corrected chi connectivity index (χ0v) is 11.7. The lowest BCUT2D eigenvalue weighted by molar-refractivity contribution is 0.211. The number of amidine groups is 1. The third-order valence-corrected chi connectivity index (χ3v) is 4.67. The summed E-state index contributed by atoms with van der Waals surface area (Å²) in [5.41, 5.74) is 4.66. The molecule has 0 aliphatic carbocycles. The second-order valence-electron chi connectivity index (χ2n) is 4.71. The molecule has 1 fully saturated rings. The summed E-state index contributed by atoms with van der Waals surface area (Å²) in [6, 6.07) is 0. The van der Waals surface area contributed by atoms with Gasteiger partial charge in [0, 0.05) is 20.2 Å². The number of hydrogen-bond acceptors (Lipinski definition) is 5. The Morgan fingerprint density at radius 1 is 1.50 bits per heavy atom. The molecule has 1 aliphatic heterocycles. The molecule has 106 valence electrons. The van der Waals surface area contributed by atoms with E-state index in [0.717, 1.165) is 0 Å². The van der Waals surface area contributed by atoms with Gasteiger partial charge in [0.25, 0.3) is 0 Å². The molecule has 7 nitrogen and oxygen atoms in total. The molecule has 1 saturated heterocycles. The zero-order chi connectivity index (χ0) is 13.8. The first-order valence-electron chi connectivity index (χ1n) is 5.85. The Hall–Kier alpha value is -0.700. The van der Waals surface area contributed by atoms with Crippen LogP contribution >= 0.6 is 0 Å². The number of likely N-dealkylation sites (tertiary alicyclic amines) is 1. The Bertz CT molecular complexity index is 388. The Morgan fingerprint density at radius 2 is 2.06 bits per heavy atom. The maximum atomic E-state index is 11.9. The monoisotopic (exact) mass is 278 g/mol. The summed E-state index contributed by atoms with van der Waals surface area (Å²) < 4.78 is 31.1. The molecule has 0 amide bonds. The highest BCUT2D eigenvalue weighted by Crippen LogP contribution is 2.22. The van der Waals surface area contributed by atoms with Gasteiger partial charge in [0.2, 0.25) is 10.0 Å². The third-order valence-electron chi connectivity index (χ3n) is 3.26. The number of nitrogens with two attached hydrogens (primary N) is 1. The topological polar surface area (TPSA) is 109 Å². The van der Waals surface area contributed by atoms with Crippen LogP contribution in [0.15, 0.2) is 0 Å². The van der Waals surface area contributed by atoms with E-state index in [1.54, 1.807) is 0 Å². The van der Waals surface area contributed by atoms with Gasteiger partial charge in [0.1, 0.15) is 5.84 Å². The van der Waals surface area contributed by atoms with Crippen LogP contribution in [0.1, 0.15) is 12.8 Å². The van der Waals surface area contributed by atoms with Crippen LogP contribution in [0, 0.1) is 5.41 Å². The normalized spacial score (nSPS) is 20.8.